The summed E-state index contributed by atoms with van der Waals surface area (Å²) in [6.07, 6.45) is -4.33. The topological polar surface area (TPSA) is 45.7 Å². The molecular formula is C20H24F3N3O. The average Bonchev–Trinajstić information content (AvgIpc) is 2.65. The van der Waals surface area contributed by atoms with Gasteiger partial charge in [0.1, 0.15) is 0 Å². The summed E-state index contributed by atoms with van der Waals surface area (Å²) in [6, 6.07) is 13.0. The van der Waals surface area contributed by atoms with Gasteiger partial charge in [0.05, 0.1) is 18.7 Å². The fourth-order valence-corrected chi connectivity index (χ4v) is 2.52. The van der Waals surface area contributed by atoms with E-state index >= 15 is 0 Å². The van der Waals surface area contributed by atoms with Crippen molar-refractivity contribution in [2.45, 2.75) is 32.8 Å². The Kier molecular flexibility index (Phi) is 7.67. The molecule has 4 nitrogen and oxygen atoms in total. The Morgan fingerprint density at radius 1 is 1.00 bits per heavy atom. The van der Waals surface area contributed by atoms with Gasteiger partial charge in [-0.3, -0.25) is 0 Å². The smallest absolute Gasteiger partial charge is 0.380 e. The molecule has 0 spiro atoms. The summed E-state index contributed by atoms with van der Waals surface area (Å²) in [5.74, 6) is 0.601. The molecule has 2 aromatic carbocycles. The maximum Gasteiger partial charge on any atom is 0.416 e. The third kappa shape index (κ3) is 6.60. The molecule has 2 rings (SSSR count). The number of guanidine groups is 1. The summed E-state index contributed by atoms with van der Waals surface area (Å²) in [7, 11) is 1.65. The first-order valence-electron chi connectivity index (χ1n) is 8.68. The molecule has 2 N–H and O–H groups in total. The Labute approximate surface area is 157 Å². The fourth-order valence-electron chi connectivity index (χ4n) is 2.52. The van der Waals surface area contributed by atoms with Gasteiger partial charge in [0.2, 0.25) is 0 Å². The molecule has 0 aliphatic rings. The Balaban J connectivity index is 2.02. The number of alkyl halides is 3. The van der Waals surface area contributed by atoms with Crippen molar-refractivity contribution in [1.82, 2.24) is 10.6 Å². The monoisotopic (exact) mass is 379 g/mol. The van der Waals surface area contributed by atoms with E-state index in [1.54, 1.807) is 7.11 Å². The standard InChI is InChI=1S/C20H24F3N3O/c1-3-24-19(26-13-16-6-4-5-7-17(16)14-27-2)25-12-15-8-10-18(11-9-15)20(21,22)23/h4-11H,3,12-14H2,1-2H3,(H2,24,25,26). The third-order valence-electron chi connectivity index (χ3n) is 3.91. The fraction of sp³-hybridized carbons (Fsp3) is 0.350. The summed E-state index contributed by atoms with van der Waals surface area (Å²) in [4.78, 5) is 4.45. The second kappa shape index (κ2) is 9.97. The number of hydrogen-bond donors (Lipinski definition) is 2. The number of rotatable bonds is 7. The summed E-state index contributed by atoms with van der Waals surface area (Å²) in [5.41, 5.74) is 2.24. The van der Waals surface area contributed by atoms with E-state index in [4.69, 9.17) is 4.74 Å². The van der Waals surface area contributed by atoms with Crippen molar-refractivity contribution < 1.29 is 17.9 Å². The van der Waals surface area contributed by atoms with Crippen LogP contribution in [0.15, 0.2) is 53.5 Å². The largest absolute Gasteiger partial charge is 0.416 e. The van der Waals surface area contributed by atoms with E-state index in [9.17, 15) is 13.2 Å². The molecule has 0 saturated heterocycles. The molecule has 0 aliphatic carbocycles. The van der Waals surface area contributed by atoms with Crippen LogP contribution in [0.3, 0.4) is 0 Å². The Hall–Kier alpha value is -2.54. The van der Waals surface area contributed by atoms with Crippen molar-refractivity contribution >= 4 is 5.96 Å². The summed E-state index contributed by atoms with van der Waals surface area (Å²) < 4.78 is 43.1. The Bertz CT molecular complexity index is 743. The first-order chi connectivity index (χ1) is 12.9. The van der Waals surface area contributed by atoms with Gasteiger partial charge >= 0.3 is 6.18 Å². The van der Waals surface area contributed by atoms with Crippen LogP contribution in [0.5, 0.6) is 0 Å². The molecule has 0 saturated carbocycles. The van der Waals surface area contributed by atoms with Crippen LogP contribution in [-0.4, -0.2) is 19.6 Å². The lowest BCUT2D eigenvalue weighted by atomic mass is 10.1. The second-order valence-corrected chi connectivity index (χ2v) is 5.95. The molecule has 0 heterocycles. The second-order valence-electron chi connectivity index (χ2n) is 5.95. The third-order valence-corrected chi connectivity index (χ3v) is 3.91. The molecule has 0 fully saturated rings. The number of methoxy groups -OCH3 is 1. The number of hydrogen-bond acceptors (Lipinski definition) is 2. The van der Waals surface area contributed by atoms with Crippen molar-refractivity contribution in [2.75, 3.05) is 13.7 Å². The van der Waals surface area contributed by atoms with Gasteiger partial charge in [0.15, 0.2) is 5.96 Å². The molecule has 0 unspecified atom stereocenters. The predicted octanol–water partition coefficient (Wildman–Crippen LogP) is 4.11. The van der Waals surface area contributed by atoms with Gasteiger partial charge < -0.3 is 15.4 Å². The highest BCUT2D eigenvalue weighted by Gasteiger charge is 2.29. The highest BCUT2D eigenvalue weighted by atomic mass is 19.4. The quantitative estimate of drug-likeness (QED) is 0.562. The number of nitrogens with one attached hydrogen (secondary N) is 2. The van der Waals surface area contributed by atoms with E-state index in [1.807, 2.05) is 31.2 Å². The minimum Gasteiger partial charge on any atom is -0.380 e. The van der Waals surface area contributed by atoms with E-state index in [2.05, 4.69) is 15.6 Å². The number of ether oxygens (including phenoxy) is 1. The van der Waals surface area contributed by atoms with Crippen molar-refractivity contribution in [3.05, 3.63) is 70.8 Å². The van der Waals surface area contributed by atoms with Crippen LogP contribution in [0.1, 0.15) is 29.2 Å². The maximum atomic E-state index is 12.6. The van der Waals surface area contributed by atoms with Crippen molar-refractivity contribution in [2.24, 2.45) is 4.99 Å². The number of aliphatic imine (C=N–C) groups is 1. The summed E-state index contributed by atoms with van der Waals surface area (Å²) >= 11 is 0. The first-order valence-corrected chi connectivity index (χ1v) is 8.68. The van der Waals surface area contributed by atoms with Gasteiger partial charge in [-0.05, 0) is 35.7 Å². The molecule has 0 radical (unpaired) electrons. The lowest BCUT2D eigenvalue weighted by molar-refractivity contribution is -0.137. The Morgan fingerprint density at radius 3 is 2.26 bits per heavy atom. The number of benzene rings is 2. The minimum absolute atomic E-state index is 0.285. The maximum absolute atomic E-state index is 12.6. The molecule has 0 amide bonds. The van der Waals surface area contributed by atoms with Gasteiger partial charge in [-0.2, -0.15) is 13.2 Å². The van der Waals surface area contributed by atoms with Crippen LogP contribution in [0, 0.1) is 0 Å². The molecule has 0 aliphatic heterocycles. The number of nitrogens with zero attached hydrogens (tertiary/aromatic N) is 1. The molecule has 2 aromatic rings. The van der Waals surface area contributed by atoms with Crippen molar-refractivity contribution in [3.63, 3.8) is 0 Å². The summed E-state index contributed by atoms with van der Waals surface area (Å²) in [6.45, 7) is 4.01. The normalized spacial score (nSPS) is 12.1. The van der Waals surface area contributed by atoms with Gasteiger partial charge in [-0.25, -0.2) is 4.99 Å². The minimum atomic E-state index is -4.33. The van der Waals surface area contributed by atoms with Gasteiger partial charge in [-0.15, -0.1) is 0 Å². The first kappa shape index (κ1) is 20.8. The van der Waals surface area contributed by atoms with E-state index in [0.717, 1.165) is 23.3 Å². The van der Waals surface area contributed by atoms with Crippen LogP contribution in [0.4, 0.5) is 13.2 Å². The van der Waals surface area contributed by atoms with E-state index in [1.165, 1.54) is 12.1 Å². The lowest BCUT2D eigenvalue weighted by Crippen LogP contribution is -2.37. The predicted molar refractivity (Wildman–Crippen MR) is 100 cm³/mol. The van der Waals surface area contributed by atoms with Gasteiger partial charge in [0, 0.05) is 20.2 Å². The van der Waals surface area contributed by atoms with Crippen molar-refractivity contribution in [3.8, 4) is 0 Å². The summed E-state index contributed by atoms with van der Waals surface area (Å²) in [5, 5.41) is 6.38. The molecule has 146 valence electrons. The van der Waals surface area contributed by atoms with Crippen LogP contribution in [-0.2, 0) is 30.6 Å². The van der Waals surface area contributed by atoms with E-state index < -0.39 is 11.7 Å². The van der Waals surface area contributed by atoms with E-state index in [0.29, 0.717) is 31.2 Å². The number of halogens is 3. The van der Waals surface area contributed by atoms with Crippen LogP contribution < -0.4 is 10.6 Å². The van der Waals surface area contributed by atoms with Crippen LogP contribution >= 0.6 is 0 Å². The Morgan fingerprint density at radius 2 is 1.67 bits per heavy atom. The molecule has 27 heavy (non-hydrogen) atoms. The highest BCUT2D eigenvalue weighted by Crippen LogP contribution is 2.29. The van der Waals surface area contributed by atoms with E-state index in [-0.39, 0.29) is 6.54 Å². The van der Waals surface area contributed by atoms with Crippen molar-refractivity contribution in [1.29, 1.82) is 0 Å². The molecule has 0 bridgehead atoms. The average molecular weight is 379 g/mol. The zero-order chi connectivity index (χ0) is 19.7. The molecule has 7 heteroatoms. The van der Waals surface area contributed by atoms with Gasteiger partial charge in [0.25, 0.3) is 0 Å². The van der Waals surface area contributed by atoms with Crippen LogP contribution in [0.2, 0.25) is 0 Å². The zero-order valence-corrected chi connectivity index (χ0v) is 15.4. The van der Waals surface area contributed by atoms with Crippen LogP contribution in [0.25, 0.3) is 0 Å². The van der Waals surface area contributed by atoms with Gasteiger partial charge in [-0.1, -0.05) is 36.4 Å². The zero-order valence-electron chi connectivity index (χ0n) is 15.4. The molecule has 0 atom stereocenters. The SMILES string of the molecule is CCNC(=NCc1ccc(C(F)(F)F)cc1)NCc1ccccc1COC. The lowest BCUT2D eigenvalue weighted by Gasteiger charge is -2.14. The molecule has 0 aromatic heterocycles. The highest BCUT2D eigenvalue weighted by molar-refractivity contribution is 5.79. The molecular weight excluding hydrogens is 355 g/mol.